The SMILES string of the molecule is Cn1c(CC(O)c2ccc(Br)cc2)nc2ccccc21. The molecule has 102 valence electrons. The van der Waals surface area contributed by atoms with Crippen LogP contribution in [0.15, 0.2) is 53.0 Å². The maximum Gasteiger partial charge on any atom is 0.112 e. The summed E-state index contributed by atoms with van der Waals surface area (Å²) in [4.78, 5) is 4.59. The molecule has 4 heteroatoms. The van der Waals surface area contributed by atoms with E-state index in [1.165, 1.54) is 0 Å². The number of imidazole rings is 1. The van der Waals surface area contributed by atoms with Crippen LogP contribution in [0.4, 0.5) is 0 Å². The largest absolute Gasteiger partial charge is 0.388 e. The number of rotatable bonds is 3. The maximum absolute atomic E-state index is 10.3. The number of aliphatic hydroxyl groups excluding tert-OH is 1. The molecule has 1 heterocycles. The molecule has 1 aromatic heterocycles. The first kappa shape index (κ1) is 13.3. The number of halogens is 1. The second-order valence-corrected chi connectivity index (χ2v) is 5.76. The number of hydrogen-bond donors (Lipinski definition) is 1. The van der Waals surface area contributed by atoms with E-state index in [2.05, 4.69) is 20.9 Å². The summed E-state index contributed by atoms with van der Waals surface area (Å²) < 4.78 is 3.05. The third kappa shape index (κ3) is 2.49. The molecule has 3 aromatic rings. The first-order valence-electron chi connectivity index (χ1n) is 6.49. The molecule has 0 spiro atoms. The molecule has 0 aliphatic rings. The van der Waals surface area contributed by atoms with Crippen molar-refractivity contribution in [2.24, 2.45) is 7.05 Å². The van der Waals surface area contributed by atoms with E-state index in [1.54, 1.807) is 0 Å². The van der Waals surface area contributed by atoms with E-state index in [0.29, 0.717) is 6.42 Å². The molecule has 0 saturated heterocycles. The molecule has 0 fully saturated rings. The van der Waals surface area contributed by atoms with Gasteiger partial charge in [0.15, 0.2) is 0 Å². The van der Waals surface area contributed by atoms with E-state index in [4.69, 9.17) is 0 Å². The van der Waals surface area contributed by atoms with Gasteiger partial charge in [-0.15, -0.1) is 0 Å². The Balaban J connectivity index is 1.89. The molecule has 1 unspecified atom stereocenters. The van der Waals surface area contributed by atoms with Crippen molar-refractivity contribution in [3.63, 3.8) is 0 Å². The summed E-state index contributed by atoms with van der Waals surface area (Å²) in [5, 5.41) is 10.3. The van der Waals surface area contributed by atoms with Crippen molar-refractivity contribution >= 4 is 27.0 Å². The van der Waals surface area contributed by atoms with E-state index in [-0.39, 0.29) is 0 Å². The fourth-order valence-corrected chi connectivity index (χ4v) is 2.62. The van der Waals surface area contributed by atoms with Gasteiger partial charge in [0.25, 0.3) is 0 Å². The zero-order valence-corrected chi connectivity index (χ0v) is 12.7. The fraction of sp³-hybridized carbons (Fsp3) is 0.188. The van der Waals surface area contributed by atoms with Crippen molar-refractivity contribution in [3.05, 3.63) is 64.4 Å². The number of benzene rings is 2. The third-order valence-corrected chi connectivity index (χ3v) is 4.04. The van der Waals surface area contributed by atoms with Crippen LogP contribution in [-0.4, -0.2) is 14.7 Å². The molecule has 0 aliphatic heterocycles. The predicted molar refractivity (Wildman–Crippen MR) is 83.5 cm³/mol. The van der Waals surface area contributed by atoms with Crippen molar-refractivity contribution < 1.29 is 5.11 Å². The Kier molecular flexibility index (Phi) is 3.59. The van der Waals surface area contributed by atoms with E-state index in [1.807, 2.05) is 60.1 Å². The quantitative estimate of drug-likeness (QED) is 0.796. The van der Waals surface area contributed by atoms with Crippen LogP contribution >= 0.6 is 15.9 Å². The standard InChI is InChI=1S/C16H15BrN2O/c1-19-14-5-3-2-4-13(14)18-16(19)10-15(20)11-6-8-12(17)9-7-11/h2-9,15,20H,10H2,1H3. The summed E-state index contributed by atoms with van der Waals surface area (Å²) in [6, 6.07) is 15.7. The molecule has 1 N–H and O–H groups in total. The minimum absolute atomic E-state index is 0.507. The molecular formula is C16H15BrN2O. The molecule has 0 radical (unpaired) electrons. The van der Waals surface area contributed by atoms with Gasteiger partial charge in [0.1, 0.15) is 5.82 Å². The van der Waals surface area contributed by atoms with E-state index < -0.39 is 6.10 Å². The van der Waals surface area contributed by atoms with E-state index in [9.17, 15) is 5.11 Å². The topological polar surface area (TPSA) is 38.0 Å². The van der Waals surface area contributed by atoms with Crippen molar-refractivity contribution in [3.8, 4) is 0 Å². The Morgan fingerprint density at radius 2 is 1.85 bits per heavy atom. The summed E-state index contributed by atoms with van der Waals surface area (Å²) in [6.07, 6.45) is -0.0362. The molecule has 3 nitrogen and oxygen atoms in total. The lowest BCUT2D eigenvalue weighted by atomic mass is 10.1. The number of nitrogens with zero attached hydrogens (tertiary/aromatic N) is 2. The summed E-state index contributed by atoms with van der Waals surface area (Å²) >= 11 is 3.40. The highest BCUT2D eigenvalue weighted by Gasteiger charge is 2.14. The first-order valence-corrected chi connectivity index (χ1v) is 7.28. The van der Waals surface area contributed by atoms with Crippen molar-refractivity contribution in [2.75, 3.05) is 0 Å². The lowest BCUT2D eigenvalue weighted by Gasteiger charge is -2.11. The molecule has 0 bridgehead atoms. The van der Waals surface area contributed by atoms with Crippen LogP contribution in [0.3, 0.4) is 0 Å². The highest BCUT2D eigenvalue weighted by Crippen LogP contribution is 2.22. The average molecular weight is 331 g/mol. The Morgan fingerprint density at radius 3 is 2.55 bits per heavy atom. The number of aromatic nitrogens is 2. The van der Waals surface area contributed by atoms with Gasteiger partial charge < -0.3 is 9.67 Å². The molecule has 0 saturated carbocycles. The van der Waals surface area contributed by atoms with Crippen LogP contribution in [0.1, 0.15) is 17.5 Å². The van der Waals surface area contributed by atoms with Gasteiger partial charge in [0.05, 0.1) is 17.1 Å². The van der Waals surface area contributed by atoms with E-state index >= 15 is 0 Å². The van der Waals surface area contributed by atoms with Crippen molar-refractivity contribution in [1.82, 2.24) is 9.55 Å². The minimum atomic E-state index is -0.543. The van der Waals surface area contributed by atoms with Crippen LogP contribution < -0.4 is 0 Å². The van der Waals surface area contributed by atoms with Crippen LogP contribution in [0.25, 0.3) is 11.0 Å². The zero-order valence-electron chi connectivity index (χ0n) is 11.1. The van der Waals surface area contributed by atoms with Crippen LogP contribution in [0.5, 0.6) is 0 Å². The van der Waals surface area contributed by atoms with Crippen LogP contribution in [0, 0.1) is 0 Å². The molecule has 1 atom stereocenters. The Labute approximate surface area is 126 Å². The average Bonchev–Trinajstić information content (AvgIpc) is 2.77. The number of para-hydroxylation sites is 2. The van der Waals surface area contributed by atoms with Crippen LogP contribution in [0.2, 0.25) is 0 Å². The predicted octanol–water partition coefficient (Wildman–Crippen LogP) is 3.61. The molecular weight excluding hydrogens is 316 g/mol. The molecule has 3 rings (SSSR count). The summed E-state index contributed by atoms with van der Waals surface area (Å²) in [7, 11) is 1.99. The Hall–Kier alpha value is -1.65. The smallest absolute Gasteiger partial charge is 0.112 e. The van der Waals surface area contributed by atoms with Gasteiger partial charge in [-0.2, -0.15) is 0 Å². The Bertz CT molecular complexity index is 734. The lowest BCUT2D eigenvalue weighted by molar-refractivity contribution is 0.175. The van der Waals surface area contributed by atoms with Gasteiger partial charge in [-0.05, 0) is 29.8 Å². The highest BCUT2D eigenvalue weighted by molar-refractivity contribution is 9.10. The number of hydrogen-bond acceptors (Lipinski definition) is 2. The maximum atomic E-state index is 10.3. The molecule has 20 heavy (non-hydrogen) atoms. The number of fused-ring (bicyclic) bond motifs is 1. The third-order valence-electron chi connectivity index (χ3n) is 3.51. The van der Waals surface area contributed by atoms with Crippen molar-refractivity contribution in [1.29, 1.82) is 0 Å². The van der Waals surface area contributed by atoms with Gasteiger partial charge in [-0.3, -0.25) is 0 Å². The first-order chi connectivity index (χ1) is 9.65. The van der Waals surface area contributed by atoms with Gasteiger partial charge in [0, 0.05) is 17.9 Å². The van der Waals surface area contributed by atoms with Gasteiger partial charge in [-0.1, -0.05) is 40.2 Å². The van der Waals surface area contributed by atoms with E-state index in [0.717, 1.165) is 26.9 Å². The monoisotopic (exact) mass is 330 g/mol. The second kappa shape index (κ2) is 5.38. The summed E-state index contributed by atoms with van der Waals surface area (Å²) in [6.45, 7) is 0. The van der Waals surface area contributed by atoms with Crippen molar-refractivity contribution in [2.45, 2.75) is 12.5 Å². The normalized spacial score (nSPS) is 12.8. The molecule has 0 aliphatic carbocycles. The van der Waals surface area contributed by atoms with Crippen LogP contribution in [-0.2, 0) is 13.5 Å². The summed E-state index contributed by atoms with van der Waals surface area (Å²) in [5.41, 5.74) is 2.96. The Morgan fingerprint density at radius 1 is 1.15 bits per heavy atom. The zero-order chi connectivity index (χ0) is 14.1. The van der Waals surface area contributed by atoms with Gasteiger partial charge >= 0.3 is 0 Å². The fourth-order valence-electron chi connectivity index (χ4n) is 2.35. The second-order valence-electron chi connectivity index (χ2n) is 4.85. The number of aryl methyl sites for hydroxylation is 1. The van der Waals surface area contributed by atoms with Gasteiger partial charge in [0.2, 0.25) is 0 Å². The summed E-state index contributed by atoms with van der Waals surface area (Å²) in [5.74, 6) is 0.890. The van der Waals surface area contributed by atoms with Gasteiger partial charge in [-0.25, -0.2) is 4.98 Å². The lowest BCUT2D eigenvalue weighted by Crippen LogP contribution is -2.06. The highest BCUT2D eigenvalue weighted by atomic mass is 79.9. The molecule has 0 amide bonds. The number of aliphatic hydroxyl groups is 1. The minimum Gasteiger partial charge on any atom is -0.388 e. The molecule has 2 aromatic carbocycles.